The molecule has 2 aliphatic rings. The van der Waals surface area contributed by atoms with Crippen molar-refractivity contribution >= 4 is 23.5 Å². The minimum Gasteiger partial charge on any atom is -0.107 e. The third kappa shape index (κ3) is 3.28. The predicted octanol–water partition coefficient (Wildman–Crippen LogP) is 7.11. The molecule has 2 saturated carbocycles. The summed E-state index contributed by atoms with van der Waals surface area (Å²) in [6.45, 7) is 2.51. The van der Waals surface area contributed by atoms with Gasteiger partial charge in [-0.05, 0) is 61.3 Å². The summed E-state index contributed by atoms with van der Waals surface area (Å²) in [5, 5.41) is 0. The van der Waals surface area contributed by atoms with Crippen LogP contribution in [0.15, 0.2) is 70.5 Å². The first-order chi connectivity index (χ1) is 11.8. The van der Waals surface area contributed by atoms with E-state index in [1.807, 2.05) is 0 Å². The molecule has 0 aliphatic heterocycles. The van der Waals surface area contributed by atoms with E-state index < -0.39 is 0 Å². The standard InChI is InChI=1S/C22H26S2/c1-17-15-18-9-8-10-19(16-18)22(17,23-20-11-4-2-5-12-20)24-21-13-6-3-7-14-21/h2-7,11-14,17-19H,8-10,15-16H2,1H3. The van der Waals surface area contributed by atoms with Crippen molar-refractivity contribution in [2.45, 2.75) is 52.9 Å². The van der Waals surface area contributed by atoms with Crippen molar-refractivity contribution in [2.24, 2.45) is 17.8 Å². The van der Waals surface area contributed by atoms with E-state index in [0.29, 0.717) is 0 Å². The van der Waals surface area contributed by atoms with Crippen LogP contribution in [-0.2, 0) is 0 Å². The van der Waals surface area contributed by atoms with Gasteiger partial charge in [0, 0.05) is 9.79 Å². The highest BCUT2D eigenvalue weighted by Gasteiger charge is 2.50. The molecule has 0 aromatic heterocycles. The quantitative estimate of drug-likeness (QED) is 0.536. The SMILES string of the molecule is CC1CC2CCCC(C2)C1(Sc1ccccc1)Sc1ccccc1. The Morgan fingerprint density at radius 3 is 1.96 bits per heavy atom. The molecule has 0 nitrogen and oxygen atoms in total. The van der Waals surface area contributed by atoms with E-state index in [1.165, 1.54) is 41.9 Å². The van der Waals surface area contributed by atoms with Gasteiger partial charge in [0.2, 0.25) is 0 Å². The third-order valence-corrected chi connectivity index (χ3v) is 9.39. The maximum absolute atomic E-state index is 2.51. The number of thioether (sulfide) groups is 2. The number of rotatable bonds is 4. The lowest BCUT2D eigenvalue weighted by atomic mass is 9.68. The van der Waals surface area contributed by atoms with Crippen LogP contribution in [0.4, 0.5) is 0 Å². The zero-order valence-electron chi connectivity index (χ0n) is 14.4. The van der Waals surface area contributed by atoms with Crippen LogP contribution in [0.3, 0.4) is 0 Å². The molecule has 126 valence electrons. The van der Waals surface area contributed by atoms with Crippen LogP contribution < -0.4 is 0 Å². The lowest BCUT2D eigenvalue weighted by Gasteiger charge is -2.52. The lowest BCUT2D eigenvalue weighted by molar-refractivity contribution is 0.140. The van der Waals surface area contributed by atoms with Crippen molar-refractivity contribution in [3.63, 3.8) is 0 Å². The van der Waals surface area contributed by atoms with Gasteiger partial charge in [-0.25, -0.2) is 0 Å². The van der Waals surface area contributed by atoms with Gasteiger partial charge in [-0.3, -0.25) is 0 Å². The molecule has 0 heterocycles. The zero-order valence-corrected chi connectivity index (χ0v) is 16.0. The minimum atomic E-state index is 0.277. The molecule has 0 radical (unpaired) electrons. The van der Waals surface area contributed by atoms with Crippen LogP contribution in [0.25, 0.3) is 0 Å². The van der Waals surface area contributed by atoms with Crippen molar-refractivity contribution in [1.82, 2.24) is 0 Å². The van der Waals surface area contributed by atoms with Crippen molar-refractivity contribution in [3.05, 3.63) is 60.7 Å². The van der Waals surface area contributed by atoms with E-state index in [0.717, 1.165) is 17.8 Å². The number of hydrogen-bond acceptors (Lipinski definition) is 2. The molecule has 2 aromatic carbocycles. The molecule has 2 fully saturated rings. The van der Waals surface area contributed by atoms with Crippen molar-refractivity contribution in [3.8, 4) is 0 Å². The second kappa shape index (κ2) is 7.17. The first kappa shape index (κ1) is 16.6. The molecule has 3 unspecified atom stereocenters. The van der Waals surface area contributed by atoms with Crippen LogP contribution in [0.1, 0.15) is 39.0 Å². The lowest BCUT2D eigenvalue weighted by Crippen LogP contribution is -2.45. The summed E-state index contributed by atoms with van der Waals surface area (Å²) in [4.78, 5) is 2.86. The highest BCUT2D eigenvalue weighted by atomic mass is 32.2. The molecule has 2 heteroatoms. The smallest absolute Gasteiger partial charge is 0.0758 e. The Morgan fingerprint density at radius 1 is 0.792 bits per heavy atom. The Balaban J connectivity index is 1.70. The molecule has 0 amide bonds. The van der Waals surface area contributed by atoms with Gasteiger partial charge in [-0.15, -0.1) is 23.5 Å². The van der Waals surface area contributed by atoms with Crippen molar-refractivity contribution in [2.75, 3.05) is 0 Å². The Kier molecular flexibility index (Phi) is 4.96. The normalized spacial score (nSPS) is 28.5. The summed E-state index contributed by atoms with van der Waals surface area (Å²) in [6.07, 6.45) is 7.12. The van der Waals surface area contributed by atoms with Gasteiger partial charge in [0.15, 0.2) is 0 Å². The number of fused-ring (bicyclic) bond motifs is 2. The summed E-state index contributed by atoms with van der Waals surface area (Å²) >= 11 is 4.29. The molecular weight excluding hydrogens is 328 g/mol. The Hall–Kier alpha value is -0.860. The highest BCUT2D eigenvalue weighted by Crippen LogP contribution is 2.63. The van der Waals surface area contributed by atoms with Crippen LogP contribution >= 0.6 is 23.5 Å². The van der Waals surface area contributed by atoms with E-state index in [1.54, 1.807) is 0 Å². The van der Waals surface area contributed by atoms with E-state index in [2.05, 4.69) is 91.1 Å². The Labute approximate surface area is 154 Å². The summed E-state index contributed by atoms with van der Waals surface area (Å²) < 4.78 is 0.277. The van der Waals surface area contributed by atoms with Gasteiger partial charge >= 0.3 is 0 Å². The molecule has 0 N–H and O–H groups in total. The van der Waals surface area contributed by atoms with Crippen molar-refractivity contribution < 1.29 is 0 Å². The monoisotopic (exact) mass is 354 g/mol. The Bertz CT molecular complexity index is 609. The van der Waals surface area contributed by atoms with Gasteiger partial charge in [-0.2, -0.15) is 0 Å². The fourth-order valence-electron chi connectivity index (χ4n) is 4.67. The molecule has 24 heavy (non-hydrogen) atoms. The van der Waals surface area contributed by atoms with Gasteiger partial charge in [0.05, 0.1) is 4.08 Å². The number of hydrogen-bond donors (Lipinski definition) is 0. The largest absolute Gasteiger partial charge is 0.107 e. The number of benzene rings is 2. The summed E-state index contributed by atoms with van der Waals surface area (Å²) in [5.41, 5.74) is 0. The predicted molar refractivity (Wildman–Crippen MR) is 107 cm³/mol. The van der Waals surface area contributed by atoms with E-state index in [4.69, 9.17) is 0 Å². The van der Waals surface area contributed by atoms with Crippen LogP contribution in [-0.4, -0.2) is 4.08 Å². The van der Waals surface area contributed by atoms with E-state index >= 15 is 0 Å². The molecule has 3 atom stereocenters. The summed E-state index contributed by atoms with van der Waals surface area (Å²) in [6, 6.07) is 22.1. The molecular formula is C22H26S2. The zero-order chi connectivity index (χ0) is 16.4. The summed E-state index contributed by atoms with van der Waals surface area (Å²) in [5.74, 6) is 2.55. The maximum Gasteiger partial charge on any atom is 0.0758 e. The van der Waals surface area contributed by atoms with E-state index in [-0.39, 0.29) is 4.08 Å². The molecule has 2 aliphatic carbocycles. The Morgan fingerprint density at radius 2 is 1.38 bits per heavy atom. The van der Waals surface area contributed by atoms with E-state index in [9.17, 15) is 0 Å². The first-order valence-electron chi connectivity index (χ1n) is 9.24. The molecule has 2 bridgehead atoms. The fraction of sp³-hybridized carbons (Fsp3) is 0.455. The summed E-state index contributed by atoms with van der Waals surface area (Å²) in [7, 11) is 0. The third-order valence-electron chi connectivity index (χ3n) is 5.77. The molecule has 0 spiro atoms. The maximum atomic E-state index is 2.51. The minimum absolute atomic E-state index is 0.277. The van der Waals surface area contributed by atoms with Crippen LogP contribution in [0.5, 0.6) is 0 Å². The molecule has 4 rings (SSSR count). The second-order valence-corrected chi connectivity index (χ2v) is 10.4. The van der Waals surface area contributed by atoms with Crippen molar-refractivity contribution in [1.29, 1.82) is 0 Å². The van der Waals surface area contributed by atoms with Gasteiger partial charge in [-0.1, -0.05) is 56.2 Å². The fourth-order valence-corrected chi connectivity index (χ4v) is 8.09. The topological polar surface area (TPSA) is 0 Å². The highest BCUT2D eigenvalue weighted by molar-refractivity contribution is 8.18. The van der Waals surface area contributed by atoms with Gasteiger partial charge < -0.3 is 0 Å². The van der Waals surface area contributed by atoms with Gasteiger partial charge in [0.25, 0.3) is 0 Å². The van der Waals surface area contributed by atoms with Crippen LogP contribution in [0.2, 0.25) is 0 Å². The molecule has 2 aromatic rings. The average Bonchev–Trinajstić information content (AvgIpc) is 2.62. The second-order valence-electron chi connectivity index (χ2n) is 7.42. The van der Waals surface area contributed by atoms with Crippen LogP contribution in [0, 0.1) is 17.8 Å². The molecule has 0 saturated heterocycles. The average molecular weight is 355 g/mol. The van der Waals surface area contributed by atoms with Gasteiger partial charge in [0.1, 0.15) is 0 Å². The first-order valence-corrected chi connectivity index (χ1v) is 10.9.